The lowest BCUT2D eigenvalue weighted by atomic mass is 10.3. The van der Waals surface area contributed by atoms with Gasteiger partial charge in [0, 0.05) is 25.9 Å². The minimum absolute atomic E-state index is 0.111. The average molecular weight is 237 g/mol. The number of carbonyl (C=O) groups excluding carboxylic acids is 1. The van der Waals surface area contributed by atoms with E-state index >= 15 is 0 Å². The Balaban J connectivity index is 2.80. The first kappa shape index (κ1) is 13.0. The molecule has 6 heteroatoms. The summed E-state index contributed by atoms with van der Waals surface area (Å²) in [6.07, 6.45) is 1.31. The summed E-state index contributed by atoms with van der Waals surface area (Å²) >= 11 is 0. The Hall–Kier alpha value is -2.11. The molecule has 0 aliphatic rings. The molecule has 0 saturated heterocycles. The van der Waals surface area contributed by atoms with Crippen molar-refractivity contribution in [1.29, 1.82) is 0 Å². The molecule has 1 aromatic heterocycles. The molecule has 17 heavy (non-hydrogen) atoms. The summed E-state index contributed by atoms with van der Waals surface area (Å²) in [6.45, 7) is 5.70. The van der Waals surface area contributed by atoms with Gasteiger partial charge in [-0.1, -0.05) is 12.2 Å². The van der Waals surface area contributed by atoms with Gasteiger partial charge in [-0.05, 0) is 6.92 Å². The van der Waals surface area contributed by atoms with Crippen molar-refractivity contribution < 1.29 is 4.79 Å². The van der Waals surface area contributed by atoms with Crippen LogP contribution in [0.2, 0.25) is 0 Å². The molecule has 1 rings (SSSR count). The molecule has 0 aromatic carbocycles. The standard InChI is InChI=1S/C11H15N3O3/c1-8(2)6-12-9(15)7-14-5-4-10(16)13(3)11(14)17/h4-5H,1,6-7H2,2-3H3,(H,12,15). The first-order valence-electron chi connectivity index (χ1n) is 5.09. The van der Waals surface area contributed by atoms with Crippen molar-refractivity contribution in [3.8, 4) is 0 Å². The van der Waals surface area contributed by atoms with Crippen molar-refractivity contribution in [3.05, 3.63) is 45.3 Å². The van der Waals surface area contributed by atoms with E-state index in [-0.39, 0.29) is 12.5 Å². The van der Waals surface area contributed by atoms with E-state index < -0.39 is 11.2 Å². The number of nitrogens with zero attached hydrogens (tertiary/aromatic N) is 2. The van der Waals surface area contributed by atoms with Gasteiger partial charge in [0.05, 0.1) is 0 Å². The Morgan fingerprint density at radius 2 is 2.12 bits per heavy atom. The van der Waals surface area contributed by atoms with Crippen LogP contribution in [0.15, 0.2) is 34.0 Å². The number of amides is 1. The van der Waals surface area contributed by atoms with Gasteiger partial charge in [0.2, 0.25) is 5.91 Å². The summed E-state index contributed by atoms with van der Waals surface area (Å²) < 4.78 is 2.13. The zero-order valence-corrected chi connectivity index (χ0v) is 9.90. The second-order valence-corrected chi connectivity index (χ2v) is 3.86. The quantitative estimate of drug-likeness (QED) is 0.699. The molecule has 1 N–H and O–H groups in total. The molecule has 0 fully saturated rings. The van der Waals surface area contributed by atoms with Crippen LogP contribution >= 0.6 is 0 Å². The highest BCUT2D eigenvalue weighted by Crippen LogP contribution is 1.83. The third-order valence-electron chi connectivity index (χ3n) is 2.16. The van der Waals surface area contributed by atoms with Crippen LogP contribution in [0.4, 0.5) is 0 Å². The number of nitrogens with one attached hydrogen (secondary N) is 1. The van der Waals surface area contributed by atoms with E-state index in [1.54, 1.807) is 6.92 Å². The molecule has 0 spiro atoms. The summed E-state index contributed by atoms with van der Waals surface area (Å²) in [5, 5.41) is 2.61. The normalized spacial score (nSPS) is 10.0. The topological polar surface area (TPSA) is 73.1 Å². The Kier molecular flexibility index (Phi) is 4.03. The molecule has 0 aliphatic carbocycles. The van der Waals surface area contributed by atoms with Crippen molar-refractivity contribution in [3.63, 3.8) is 0 Å². The van der Waals surface area contributed by atoms with Gasteiger partial charge in [-0.3, -0.25) is 18.7 Å². The maximum Gasteiger partial charge on any atom is 0.331 e. The van der Waals surface area contributed by atoms with E-state index in [1.165, 1.54) is 23.9 Å². The molecule has 0 bridgehead atoms. The van der Waals surface area contributed by atoms with Crippen LogP contribution in [0.5, 0.6) is 0 Å². The highest BCUT2D eigenvalue weighted by Gasteiger charge is 2.06. The lowest BCUT2D eigenvalue weighted by Gasteiger charge is -2.07. The predicted octanol–water partition coefficient (Wildman–Crippen LogP) is -0.761. The van der Waals surface area contributed by atoms with Crippen LogP contribution < -0.4 is 16.6 Å². The Morgan fingerprint density at radius 1 is 1.47 bits per heavy atom. The minimum Gasteiger partial charge on any atom is -0.351 e. The number of hydrogen-bond acceptors (Lipinski definition) is 3. The monoisotopic (exact) mass is 237 g/mol. The number of carbonyl (C=O) groups is 1. The van der Waals surface area contributed by atoms with Crippen LogP contribution in [0.3, 0.4) is 0 Å². The Labute approximate surface area is 98.2 Å². The number of hydrogen-bond donors (Lipinski definition) is 1. The maximum atomic E-state index is 11.6. The summed E-state index contributed by atoms with van der Waals surface area (Å²) in [4.78, 5) is 34.2. The largest absolute Gasteiger partial charge is 0.351 e. The molecule has 1 heterocycles. The van der Waals surface area contributed by atoms with Gasteiger partial charge in [0.1, 0.15) is 6.54 Å². The van der Waals surface area contributed by atoms with Crippen LogP contribution in [-0.4, -0.2) is 21.6 Å². The van der Waals surface area contributed by atoms with Crippen molar-refractivity contribution in [1.82, 2.24) is 14.5 Å². The molecule has 0 unspecified atom stereocenters. The molecule has 0 atom stereocenters. The van der Waals surface area contributed by atoms with Crippen LogP contribution in [0.1, 0.15) is 6.92 Å². The van der Waals surface area contributed by atoms with Gasteiger partial charge >= 0.3 is 5.69 Å². The van der Waals surface area contributed by atoms with Gasteiger partial charge in [-0.25, -0.2) is 4.79 Å². The summed E-state index contributed by atoms with van der Waals surface area (Å²) in [5.41, 5.74) is -0.0808. The highest BCUT2D eigenvalue weighted by molar-refractivity contribution is 5.75. The van der Waals surface area contributed by atoms with Gasteiger partial charge in [-0.2, -0.15) is 0 Å². The molecule has 0 aliphatic heterocycles. The lowest BCUT2D eigenvalue weighted by molar-refractivity contribution is -0.121. The SMILES string of the molecule is C=C(C)CNC(=O)Cn1ccc(=O)n(C)c1=O. The maximum absolute atomic E-state index is 11.6. The highest BCUT2D eigenvalue weighted by atomic mass is 16.2. The second-order valence-electron chi connectivity index (χ2n) is 3.86. The predicted molar refractivity (Wildman–Crippen MR) is 63.8 cm³/mol. The van der Waals surface area contributed by atoms with Gasteiger partial charge in [-0.15, -0.1) is 0 Å². The first-order chi connectivity index (χ1) is 7.91. The summed E-state index contributed by atoms with van der Waals surface area (Å²) in [7, 11) is 1.37. The molecular weight excluding hydrogens is 222 g/mol. The molecule has 92 valence electrons. The van der Waals surface area contributed by atoms with E-state index in [0.717, 1.165) is 10.1 Å². The number of rotatable bonds is 4. The van der Waals surface area contributed by atoms with Gasteiger partial charge in [0.25, 0.3) is 5.56 Å². The first-order valence-corrected chi connectivity index (χ1v) is 5.09. The third kappa shape index (κ3) is 3.44. The van der Waals surface area contributed by atoms with E-state index in [2.05, 4.69) is 11.9 Å². The lowest BCUT2D eigenvalue weighted by Crippen LogP contribution is -2.40. The van der Waals surface area contributed by atoms with Crippen molar-refractivity contribution in [2.75, 3.05) is 6.54 Å². The fourth-order valence-electron chi connectivity index (χ4n) is 1.20. The number of aromatic nitrogens is 2. The zero-order valence-electron chi connectivity index (χ0n) is 9.90. The Morgan fingerprint density at radius 3 is 2.71 bits per heavy atom. The van der Waals surface area contributed by atoms with Crippen LogP contribution in [0.25, 0.3) is 0 Å². The zero-order chi connectivity index (χ0) is 13.0. The van der Waals surface area contributed by atoms with E-state index in [9.17, 15) is 14.4 Å². The Bertz CT molecular complexity index is 554. The molecule has 0 radical (unpaired) electrons. The van der Waals surface area contributed by atoms with Gasteiger partial charge < -0.3 is 5.32 Å². The third-order valence-corrected chi connectivity index (χ3v) is 2.16. The van der Waals surface area contributed by atoms with Crippen LogP contribution in [-0.2, 0) is 18.4 Å². The average Bonchev–Trinajstić information content (AvgIpc) is 2.27. The second kappa shape index (κ2) is 5.29. The smallest absolute Gasteiger partial charge is 0.331 e. The van der Waals surface area contributed by atoms with E-state index in [0.29, 0.717) is 6.54 Å². The molecule has 6 nitrogen and oxygen atoms in total. The minimum atomic E-state index is -0.511. The summed E-state index contributed by atoms with van der Waals surface area (Å²) in [5.74, 6) is -0.297. The fraction of sp³-hybridized carbons (Fsp3) is 0.364. The van der Waals surface area contributed by atoms with Gasteiger partial charge in [0.15, 0.2) is 0 Å². The molecule has 1 amide bonds. The van der Waals surface area contributed by atoms with E-state index in [4.69, 9.17) is 0 Å². The molecule has 0 saturated carbocycles. The fourth-order valence-corrected chi connectivity index (χ4v) is 1.20. The summed E-state index contributed by atoms with van der Waals surface area (Å²) in [6, 6.07) is 1.24. The van der Waals surface area contributed by atoms with Crippen molar-refractivity contribution >= 4 is 5.91 Å². The van der Waals surface area contributed by atoms with Crippen LogP contribution in [0, 0.1) is 0 Å². The van der Waals surface area contributed by atoms with Crippen molar-refractivity contribution in [2.24, 2.45) is 7.05 Å². The van der Waals surface area contributed by atoms with Crippen molar-refractivity contribution in [2.45, 2.75) is 13.5 Å². The molecule has 1 aromatic rings. The molecular formula is C11H15N3O3. The van der Waals surface area contributed by atoms with E-state index in [1.807, 2.05) is 0 Å².